The molecule has 1 aliphatic heterocycles. The van der Waals surface area contributed by atoms with Crippen LogP contribution in [0.3, 0.4) is 0 Å². The standard InChI is InChI=1S/C12H15FN2O2S2/c13-9-3-1-4-10(11(9)12(14)18)15-5-2-7-19(16,17)8-6-15/h1,3-4H,2,5-8H2,(H2,14,18). The summed E-state index contributed by atoms with van der Waals surface area (Å²) in [5, 5.41) is 0. The quantitative estimate of drug-likeness (QED) is 0.829. The molecular weight excluding hydrogens is 287 g/mol. The molecule has 0 saturated carbocycles. The van der Waals surface area contributed by atoms with Gasteiger partial charge in [0, 0.05) is 18.8 Å². The minimum absolute atomic E-state index is 0.0137. The van der Waals surface area contributed by atoms with Crippen molar-refractivity contribution in [1.82, 2.24) is 0 Å². The SMILES string of the molecule is NC(=S)c1c(F)cccc1N1CCCS(=O)(=O)CC1. The molecule has 0 bridgehead atoms. The van der Waals surface area contributed by atoms with Crippen LogP contribution in [0, 0.1) is 5.82 Å². The fraction of sp³-hybridized carbons (Fsp3) is 0.417. The van der Waals surface area contributed by atoms with Gasteiger partial charge in [-0.1, -0.05) is 18.3 Å². The fourth-order valence-electron chi connectivity index (χ4n) is 2.20. The minimum atomic E-state index is -3.00. The highest BCUT2D eigenvalue weighted by Crippen LogP contribution is 2.24. The highest BCUT2D eigenvalue weighted by molar-refractivity contribution is 7.91. The van der Waals surface area contributed by atoms with Crippen LogP contribution in [-0.4, -0.2) is 38.0 Å². The van der Waals surface area contributed by atoms with Gasteiger partial charge in [0.25, 0.3) is 0 Å². The summed E-state index contributed by atoms with van der Waals surface area (Å²) in [5.74, 6) is -0.237. The lowest BCUT2D eigenvalue weighted by Gasteiger charge is -2.24. The molecular formula is C12H15FN2O2S2. The number of benzene rings is 1. The lowest BCUT2D eigenvalue weighted by Crippen LogP contribution is -2.29. The fourth-order valence-corrected chi connectivity index (χ4v) is 3.67. The normalized spacial score (nSPS) is 18.9. The van der Waals surface area contributed by atoms with Crippen molar-refractivity contribution in [2.75, 3.05) is 29.5 Å². The Balaban J connectivity index is 2.37. The van der Waals surface area contributed by atoms with Crippen molar-refractivity contribution >= 4 is 32.7 Å². The van der Waals surface area contributed by atoms with Crippen molar-refractivity contribution in [3.05, 3.63) is 29.6 Å². The molecule has 1 saturated heterocycles. The van der Waals surface area contributed by atoms with E-state index in [-0.39, 0.29) is 22.1 Å². The van der Waals surface area contributed by atoms with Crippen LogP contribution in [0.15, 0.2) is 18.2 Å². The highest BCUT2D eigenvalue weighted by Gasteiger charge is 2.22. The molecule has 1 aromatic carbocycles. The average molecular weight is 302 g/mol. The maximum absolute atomic E-state index is 13.8. The molecule has 1 aliphatic rings. The van der Waals surface area contributed by atoms with Crippen LogP contribution in [-0.2, 0) is 9.84 Å². The molecule has 19 heavy (non-hydrogen) atoms. The monoisotopic (exact) mass is 302 g/mol. The summed E-state index contributed by atoms with van der Waals surface area (Å²) in [5.41, 5.74) is 6.33. The molecule has 0 atom stereocenters. The van der Waals surface area contributed by atoms with E-state index in [1.54, 1.807) is 12.1 Å². The van der Waals surface area contributed by atoms with Gasteiger partial charge < -0.3 is 10.6 Å². The smallest absolute Gasteiger partial charge is 0.152 e. The van der Waals surface area contributed by atoms with E-state index >= 15 is 0 Å². The molecule has 0 unspecified atom stereocenters. The van der Waals surface area contributed by atoms with E-state index in [2.05, 4.69) is 0 Å². The summed E-state index contributed by atoms with van der Waals surface area (Å²) in [4.78, 5) is 1.82. The van der Waals surface area contributed by atoms with Gasteiger partial charge in [0.1, 0.15) is 10.8 Å². The Kier molecular flexibility index (Phi) is 4.05. The predicted molar refractivity (Wildman–Crippen MR) is 77.8 cm³/mol. The topological polar surface area (TPSA) is 63.4 Å². The molecule has 1 fully saturated rings. The van der Waals surface area contributed by atoms with Gasteiger partial charge >= 0.3 is 0 Å². The Morgan fingerprint density at radius 1 is 1.32 bits per heavy atom. The number of nitrogens with zero attached hydrogens (tertiary/aromatic N) is 1. The van der Waals surface area contributed by atoms with Crippen molar-refractivity contribution in [3.8, 4) is 0 Å². The van der Waals surface area contributed by atoms with E-state index in [1.165, 1.54) is 6.07 Å². The molecule has 2 rings (SSSR count). The molecule has 0 spiro atoms. The van der Waals surface area contributed by atoms with Gasteiger partial charge in [-0.2, -0.15) is 0 Å². The first-order valence-electron chi connectivity index (χ1n) is 5.94. The molecule has 0 amide bonds. The van der Waals surface area contributed by atoms with E-state index in [9.17, 15) is 12.8 Å². The molecule has 7 heteroatoms. The second-order valence-electron chi connectivity index (χ2n) is 4.49. The lowest BCUT2D eigenvalue weighted by atomic mass is 10.1. The van der Waals surface area contributed by atoms with Crippen LogP contribution in [0.1, 0.15) is 12.0 Å². The second-order valence-corrected chi connectivity index (χ2v) is 7.23. The highest BCUT2D eigenvalue weighted by atomic mass is 32.2. The van der Waals surface area contributed by atoms with Gasteiger partial charge in [-0.15, -0.1) is 0 Å². The van der Waals surface area contributed by atoms with Crippen LogP contribution >= 0.6 is 12.2 Å². The predicted octanol–water partition coefficient (Wildman–Crippen LogP) is 1.08. The van der Waals surface area contributed by atoms with Gasteiger partial charge in [-0.3, -0.25) is 0 Å². The molecule has 1 heterocycles. The summed E-state index contributed by atoms with van der Waals surface area (Å²) in [7, 11) is -3.00. The Morgan fingerprint density at radius 3 is 2.74 bits per heavy atom. The molecule has 0 radical (unpaired) electrons. The third-order valence-electron chi connectivity index (χ3n) is 3.13. The van der Waals surface area contributed by atoms with Gasteiger partial charge in [-0.05, 0) is 18.6 Å². The average Bonchev–Trinajstić information content (AvgIpc) is 2.49. The number of hydrogen-bond donors (Lipinski definition) is 1. The van der Waals surface area contributed by atoms with E-state index < -0.39 is 15.7 Å². The minimum Gasteiger partial charge on any atom is -0.389 e. The van der Waals surface area contributed by atoms with Crippen LogP contribution < -0.4 is 10.6 Å². The van der Waals surface area contributed by atoms with E-state index in [4.69, 9.17) is 18.0 Å². The number of hydrogen-bond acceptors (Lipinski definition) is 4. The van der Waals surface area contributed by atoms with Crippen LogP contribution in [0.25, 0.3) is 0 Å². The van der Waals surface area contributed by atoms with Gasteiger partial charge in [-0.25, -0.2) is 12.8 Å². The summed E-state index contributed by atoms with van der Waals surface area (Å²) >= 11 is 4.88. The Morgan fingerprint density at radius 2 is 2.05 bits per heavy atom. The summed E-state index contributed by atoms with van der Waals surface area (Å²) in [6.45, 7) is 0.889. The van der Waals surface area contributed by atoms with Gasteiger partial charge in [0.2, 0.25) is 0 Å². The molecule has 1 aromatic rings. The number of rotatable bonds is 2. The maximum Gasteiger partial charge on any atom is 0.152 e. The van der Waals surface area contributed by atoms with Crippen molar-refractivity contribution in [3.63, 3.8) is 0 Å². The third kappa shape index (κ3) is 3.22. The summed E-state index contributed by atoms with van der Waals surface area (Å²) in [6.07, 6.45) is 0.523. The van der Waals surface area contributed by atoms with Crippen molar-refractivity contribution in [2.24, 2.45) is 5.73 Å². The Labute approximate surface area is 117 Å². The number of anilines is 1. The van der Waals surface area contributed by atoms with Gasteiger partial charge in [0.05, 0.1) is 17.1 Å². The lowest BCUT2D eigenvalue weighted by molar-refractivity contribution is 0.597. The summed E-state index contributed by atoms with van der Waals surface area (Å²) < 4.78 is 37.0. The molecule has 0 aliphatic carbocycles. The number of nitrogens with two attached hydrogens (primary N) is 1. The molecule has 0 aromatic heterocycles. The zero-order valence-electron chi connectivity index (χ0n) is 10.3. The first-order valence-corrected chi connectivity index (χ1v) is 8.17. The largest absolute Gasteiger partial charge is 0.389 e. The second kappa shape index (κ2) is 5.42. The van der Waals surface area contributed by atoms with E-state index in [0.29, 0.717) is 25.2 Å². The zero-order valence-corrected chi connectivity index (χ0v) is 11.9. The Hall–Kier alpha value is -1.21. The number of sulfone groups is 1. The first kappa shape index (κ1) is 14.2. The zero-order chi connectivity index (χ0) is 14.0. The van der Waals surface area contributed by atoms with Gasteiger partial charge in [0.15, 0.2) is 9.84 Å². The maximum atomic E-state index is 13.8. The number of halogens is 1. The van der Waals surface area contributed by atoms with Crippen molar-refractivity contribution in [1.29, 1.82) is 0 Å². The molecule has 4 nitrogen and oxygen atoms in total. The van der Waals surface area contributed by atoms with E-state index in [1.807, 2.05) is 4.90 Å². The van der Waals surface area contributed by atoms with Crippen LogP contribution in [0.2, 0.25) is 0 Å². The van der Waals surface area contributed by atoms with Crippen molar-refractivity contribution < 1.29 is 12.8 Å². The summed E-state index contributed by atoms with van der Waals surface area (Å²) in [6, 6.07) is 4.59. The van der Waals surface area contributed by atoms with E-state index in [0.717, 1.165) is 0 Å². The molecule has 104 valence electrons. The first-order chi connectivity index (χ1) is 8.91. The number of thiocarbonyl (C=S) groups is 1. The van der Waals surface area contributed by atoms with Crippen LogP contribution in [0.4, 0.5) is 10.1 Å². The third-order valence-corrected chi connectivity index (χ3v) is 5.05. The molecule has 2 N–H and O–H groups in total. The Bertz CT molecular complexity index is 602. The van der Waals surface area contributed by atoms with Crippen LogP contribution in [0.5, 0.6) is 0 Å². The van der Waals surface area contributed by atoms with Crippen molar-refractivity contribution in [2.45, 2.75) is 6.42 Å².